The standard InChI is InChI=1S/C2H6O.CHClF2/c1-3-2;2-1(3)4/h1-2H3;1H. The minimum absolute atomic E-state index is 1.62. The van der Waals surface area contributed by atoms with Gasteiger partial charge in [0.1, 0.15) is 0 Å². The van der Waals surface area contributed by atoms with Crippen molar-refractivity contribution in [2.45, 2.75) is 5.88 Å². The molecule has 0 aromatic rings. The van der Waals surface area contributed by atoms with Crippen molar-refractivity contribution in [1.82, 2.24) is 0 Å². The predicted molar refractivity (Wildman–Crippen MR) is 24.8 cm³/mol. The molecule has 0 aromatic carbocycles. The molecular formula is C3H7ClF2O. The van der Waals surface area contributed by atoms with E-state index in [2.05, 4.69) is 16.3 Å². The second kappa shape index (κ2) is 9.44. The monoisotopic (exact) mass is 132 g/mol. The molecule has 1 nitrogen and oxygen atoms in total. The Balaban J connectivity index is 0. The zero-order valence-electron chi connectivity index (χ0n) is 4.12. The maximum atomic E-state index is 10.1. The summed E-state index contributed by atoms with van der Waals surface area (Å²) in [7, 11) is 3.25. The molecule has 4 heteroatoms. The van der Waals surface area contributed by atoms with Crippen molar-refractivity contribution in [3.8, 4) is 0 Å². The first-order valence-corrected chi connectivity index (χ1v) is 1.91. The summed E-state index contributed by atoms with van der Waals surface area (Å²) in [6.07, 6.45) is 0. The van der Waals surface area contributed by atoms with Gasteiger partial charge in [-0.25, -0.2) is 0 Å². The number of hydrogen-bond acceptors (Lipinski definition) is 1. The van der Waals surface area contributed by atoms with Gasteiger partial charge < -0.3 is 4.74 Å². The first-order valence-electron chi connectivity index (χ1n) is 1.47. The molecule has 0 fully saturated rings. The van der Waals surface area contributed by atoms with Crippen molar-refractivity contribution in [3.05, 3.63) is 0 Å². The highest BCUT2D eigenvalue weighted by Gasteiger charge is 1.83. The lowest BCUT2D eigenvalue weighted by Crippen LogP contribution is -1.62. The summed E-state index contributed by atoms with van der Waals surface area (Å²) in [5.74, 6) is -2.69. The summed E-state index contributed by atoms with van der Waals surface area (Å²) in [5.41, 5.74) is 0. The molecule has 0 aromatic heterocycles. The highest BCUT2D eigenvalue weighted by molar-refractivity contribution is 6.18. The molecule has 0 heterocycles. The largest absolute Gasteiger partial charge is 0.388 e. The molecule has 7 heavy (non-hydrogen) atoms. The van der Waals surface area contributed by atoms with Gasteiger partial charge in [0.15, 0.2) is 0 Å². The topological polar surface area (TPSA) is 9.23 Å². The van der Waals surface area contributed by atoms with Crippen LogP contribution >= 0.6 is 11.6 Å². The van der Waals surface area contributed by atoms with Crippen LogP contribution in [0.25, 0.3) is 0 Å². The lowest BCUT2D eigenvalue weighted by Gasteiger charge is -1.66. The van der Waals surface area contributed by atoms with Crippen LogP contribution < -0.4 is 0 Å². The fourth-order valence-electron chi connectivity index (χ4n) is 0. The third-order valence-corrected chi connectivity index (χ3v) is 0. The third kappa shape index (κ3) is 8530. The number of halogens is 3. The molecule has 0 radical (unpaired) electrons. The van der Waals surface area contributed by atoms with E-state index in [9.17, 15) is 8.78 Å². The van der Waals surface area contributed by atoms with Gasteiger partial charge in [0.25, 0.3) is 0 Å². The summed E-state index contributed by atoms with van der Waals surface area (Å²) in [4.78, 5) is 0. The fraction of sp³-hybridized carbons (Fsp3) is 1.00. The molecule has 0 saturated carbocycles. The number of methoxy groups -OCH3 is 1. The van der Waals surface area contributed by atoms with Crippen LogP contribution in [-0.4, -0.2) is 20.1 Å². The van der Waals surface area contributed by atoms with Crippen molar-refractivity contribution in [2.24, 2.45) is 0 Å². The van der Waals surface area contributed by atoms with Crippen LogP contribution in [0.1, 0.15) is 0 Å². The van der Waals surface area contributed by atoms with Crippen molar-refractivity contribution in [3.63, 3.8) is 0 Å². The van der Waals surface area contributed by atoms with Crippen molar-refractivity contribution in [2.75, 3.05) is 14.2 Å². The minimum atomic E-state index is -2.69. The normalized spacial score (nSPS) is 7.71. The van der Waals surface area contributed by atoms with Gasteiger partial charge in [-0.2, -0.15) is 8.78 Å². The van der Waals surface area contributed by atoms with Crippen LogP contribution in [0.5, 0.6) is 0 Å². The van der Waals surface area contributed by atoms with Crippen LogP contribution in [0.4, 0.5) is 8.78 Å². The van der Waals surface area contributed by atoms with E-state index >= 15 is 0 Å². The summed E-state index contributed by atoms with van der Waals surface area (Å²) in [5, 5.41) is 0. The lowest BCUT2D eigenvalue weighted by molar-refractivity contribution is 0.243. The molecular weight excluding hydrogens is 125 g/mol. The van der Waals surface area contributed by atoms with E-state index in [1.807, 2.05) is 0 Å². The Labute approximate surface area is 46.2 Å². The summed E-state index contributed by atoms with van der Waals surface area (Å²) >= 11 is 3.94. The molecule has 0 amide bonds. The molecule has 0 aliphatic heterocycles. The number of ether oxygens (including phenoxy) is 1. The van der Waals surface area contributed by atoms with Crippen LogP contribution in [-0.2, 0) is 4.74 Å². The highest BCUT2D eigenvalue weighted by Crippen LogP contribution is 1.93. The first kappa shape index (κ1) is 10.2. The average molecular weight is 133 g/mol. The zero-order chi connectivity index (χ0) is 6.28. The van der Waals surface area contributed by atoms with E-state index in [4.69, 9.17) is 0 Å². The van der Waals surface area contributed by atoms with Crippen molar-refractivity contribution < 1.29 is 13.5 Å². The number of rotatable bonds is 0. The van der Waals surface area contributed by atoms with Gasteiger partial charge in [0.05, 0.1) is 0 Å². The second-order valence-electron chi connectivity index (χ2n) is 0.656. The Hall–Kier alpha value is 0.110. The molecule has 0 bridgehead atoms. The van der Waals surface area contributed by atoms with Gasteiger partial charge in [-0.05, 0) is 0 Å². The van der Waals surface area contributed by atoms with Crippen molar-refractivity contribution >= 4 is 11.6 Å². The first-order chi connectivity index (χ1) is 3.15. The highest BCUT2D eigenvalue weighted by atomic mass is 35.5. The van der Waals surface area contributed by atoms with Gasteiger partial charge >= 0.3 is 5.88 Å². The lowest BCUT2D eigenvalue weighted by atomic mass is 11.6. The van der Waals surface area contributed by atoms with E-state index in [0.717, 1.165) is 0 Å². The average Bonchev–Trinajstić information content (AvgIpc) is 1.33. The maximum Gasteiger partial charge on any atom is 0.312 e. The molecule has 0 atom stereocenters. The van der Waals surface area contributed by atoms with Gasteiger partial charge in [-0.15, -0.1) is 0 Å². The molecule has 0 N–H and O–H groups in total. The van der Waals surface area contributed by atoms with Gasteiger partial charge in [0, 0.05) is 14.2 Å². The smallest absolute Gasteiger partial charge is 0.312 e. The van der Waals surface area contributed by atoms with E-state index in [1.54, 1.807) is 14.2 Å². The van der Waals surface area contributed by atoms with Crippen LogP contribution in [0, 0.1) is 0 Å². The van der Waals surface area contributed by atoms with E-state index in [-0.39, 0.29) is 0 Å². The van der Waals surface area contributed by atoms with Gasteiger partial charge in [-0.1, -0.05) is 11.6 Å². The maximum absolute atomic E-state index is 10.1. The van der Waals surface area contributed by atoms with E-state index in [1.165, 1.54) is 0 Å². The summed E-state index contributed by atoms with van der Waals surface area (Å²) in [6, 6.07) is 0. The molecule has 0 rings (SSSR count). The number of hydrogen-bond donors (Lipinski definition) is 0. The molecule has 46 valence electrons. The SMILES string of the molecule is COC.FC(F)Cl. The predicted octanol–water partition coefficient (Wildman–Crippen LogP) is 1.71. The van der Waals surface area contributed by atoms with Crippen LogP contribution in [0.3, 0.4) is 0 Å². The van der Waals surface area contributed by atoms with Gasteiger partial charge in [0.2, 0.25) is 0 Å². The third-order valence-electron chi connectivity index (χ3n) is 0. The Morgan fingerprint density at radius 1 is 1.43 bits per heavy atom. The molecule has 0 aliphatic rings. The second-order valence-corrected chi connectivity index (χ2v) is 0.986. The summed E-state index contributed by atoms with van der Waals surface area (Å²) in [6.45, 7) is 0. The molecule has 0 spiro atoms. The van der Waals surface area contributed by atoms with Gasteiger partial charge in [-0.3, -0.25) is 0 Å². The Morgan fingerprint density at radius 3 is 1.43 bits per heavy atom. The summed E-state index contributed by atoms with van der Waals surface area (Å²) < 4.78 is 24.4. The number of alkyl halides is 3. The Morgan fingerprint density at radius 2 is 1.43 bits per heavy atom. The van der Waals surface area contributed by atoms with E-state index in [0.29, 0.717) is 0 Å². The molecule has 0 aliphatic carbocycles. The van der Waals surface area contributed by atoms with Crippen molar-refractivity contribution in [1.29, 1.82) is 0 Å². The minimum Gasteiger partial charge on any atom is -0.388 e. The Kier molecular flexibility index (Phi) is 13.7. The van der Waals surface area contributed by atoms with Crippen LogP contribution in [0.15, 0.2) is 0 Å². The molecule has 0 saturated heterocycles. The van der Waals surface area contributed by atoms with E-state index < -0.39 is 5.88 Å². The quantitative estimate of drug-likeness (QED) is 0.456. The van der Waals surface area contributed by atoms with Crippen LogP contribution in [0.2, 0.25) is 0 Å². The zero-order valence-corrected chi connectivity index (χ0v) is 4.88. The fourth-order valence-corrected chi connectivity index (χ4v) is 0. The Bertz CT molecular complexity index is 24.1. The molecule has 0 unspecified atom stereocenters.